The number of aliphatic hydroxyl groups is 1. The molecule has 1 N–H and O–H groups in total. The third-order valence-corrected chi connectivity index (χ3v) is 3.84. The van der Waals surface area contributed by atoms with E-state index in [0.29, 0.717) is 12.4 Å². The van der Waals surface area contributed by atoms with Crippen LogP contribution in [0.1, 0.15) is 17.2 Å². The number of ether oxygens (including phenoxy) is 1. The van der Waals surface area contributed by atoms with E-state index in [-0.39, 0.29) is 0 Å². The van der Waals surface area contributed by atoms with Crippen molar-refractivity contribution in [2.75, 3.05) is 6.61 Å². The number of rotatable bonds is 3. The highest BCUT2D eigenvalue weighted by Gasteiger charge is 2.51. The Morgan fingerprint density at radius 1 is 1.00 bits per heavy atom. The molecule has 1 heterocycles. The average molecular weight is 252 g/mol. The van der Waals surface area contributed by atoms with Gasteiger partial charge in [0.15, 0.2) is 0 Å². The predicted molar refractivity (Wildman–Crippen MR) is 74.6 cm³/mol. The van der Waals surface area contributed by atoms with Crippen LogP contribution in [0.3, 0.4) is 0 Å². The van der Waals surface area contributed by atoms with Crippen molar-refractivity contribution in [2.24, 2.45) is 0 Å². The van der Waals surface area contributed by atoms with Crippen LogP contribution in [0.2, 0.25) is 0 Å². The Kier molecular flexibility index (Phi) is 2.88. The van der Waals surface area contributed by atoms with Gasteiger partial charge in [-0.05, 0) is 11.1 Å². The van der Waals surface area contributed by atoms with Gasteiger partial charge in [-0.2, -0.15) is 0 Å². The molecule has 0 saturated carbocycles. The second-order valence-electron chi connectivity index (χ2n) is 4.86. The zero-order chi connectivity index (χ0) is 13.3. The van der Waals surface area contributed by atoms with Crippen LogP contribution in [0.5, 0.6) is 0 Å². The smallest absolute Gasteiger partial charge is 0.116 e. The fourth-order valence-electron chi connectivity index (χ4n) is 2.62. The first-order valence-corrected chi connectivity index (χ1v) is 6.36. The zero-order valence-corrected chi connectivity index (χ0v) is 10.6. The summed E-state index contributed by atoms with van der Waals surface area (Å²) < 4.78 is 5.39. The maximum Gasteiger partial charge on any atom is 0.116 e. The summed E-state index contributed by atoms with van der Waals surface area (Å²) in [4.78, 5) is 0. The van der Waals surface area contributed by atoms with E-state index in [0.717, 1.165) is 11.1 Å². The van der Waals surface area contributed by atoms with Gasteiger partial charge in [0.05, 0.1) is 6.10 Å². The monoisotopic (exact) mass is 252 g/mol. The summed E-state index contributed by atoms with van der Waals surface area (Å²) >= 11 is 0. The molecule has 0 spiro atoms. The van der Waals surface area contributed by atoms with Gasteiger partial charge in [-0.15, -0.1) is 0 Å². The number of benzene rings is 2. The van der Waals surface area contributed by atoms with Crippen molar-refractivity contribution in [1.29, 1.82) is 0 Å². The Morgan fingerprint density at radius 3 is 2.05 bits per heavy atom. The third kappa shape index (κ3) is 1.76. The lowest BCUT2D eigenvalue weighted by molar-refractivity contribution is -0.0598. The molecule has 0 amide bonds. The lowest BCUT2D eigenvalue weighted by Gasteiger charge is -2.47. The molecule has 96 valence electrons. The molecule has 0 unspecified atom stereocenters. The van der Waals surface area contributed by atoms with E-state index in [1.54, 1.807) is 0 Å². The van der Waals surface area contributed by atoms with Gasteiger partial charge in [0.25, 0.3) is 0 Å². The van der Waals surface area contributed by atoms with Crippen LogP contribution in [0.15, 0.2) is 73.0 Å². The first-order chi connectivity index (χ1) is 9.25. The summed E-state index contributed by atoms with van der Waals surface area (Å²) in [5.74, 6) is 0.634. The van der Waals surface area contributed by atoms with Crippen LogP contribution in [0, 0.1) is 0 Å². The lowest BCUT2D eigenvalue weighted by Crippen LogP contribution is -2.48. The molecule has 3 rings (SSSR count). The Hall–Kier alpha value is -2.06. The molecule has 1 fully saturated rings. The molecule has 2 aromatic rings. The molecule has 2 atom stereocenters. The van der Waals surface area contributed by atoms with Gasteiger partial charge in [0, 0.05) is 0 Å². The molecule has 0 radical (unpaired) electrons. The molecule has 1 aliphatic heterocycles. The van der Waals surface area contributed by atoms with E-state index < -0.39 is 11.5 Å². The normalized spacial score (nSPS) is 23.3. The van der Waals surface area contributed by atoms with Gasteiger partial charge in [-0.3, -0.25) is 0 Å². The first-order valence-electron chi connectivity index (χ1n) is 6.36. The second kappa shape index (κ2) is 4.56. The largest absolute Gasteiger partial charge is 0.496 e. The number of aliphatic hydroxyl groups excluding tert-OH is 1. The summed E-state index contributed by atoms with van der Waals surface area (Å²) in [6, 6.07) is 19.6. The third-order valence-electron chi connectivity index (χ3n) is 3.84. The van der Waals surface area contributed by atoms with Crippen LogP contribution in [-0.2, 0) is 10.2 Å². The van der Waals surface area contributed by atoms with Crippen molar-refractivity contribution in [1.82, 2.24) is 0 Å². The molecular formula is C17H16O2. The highest BCUT2D eigenvalue weighted by Crippen LogP contribution is 2.49. The predicted octanol–water partition coefficient (Wildman–Crippen LogP) is 3.20. The molecule has 0 aliphatic carbocycles. The van der Waals surface area contributed by atoms with Crippen molar-refractivity contribution in [3.05, 3.63) is 84.1 Å². The quantitative estimate of drug-likeness (QED) is 0.909. The van der Waals surface area contributed by atoms with Crippen molar-refractivity contribution in [2.45, 2.75) is 11.5 Å². The molecule has 2 aromatic carbocycles. The van der Waals surface area contributed by atoms with Crippen LogP contribution >= 0.6 is 0 Å². The molecule has 1 saturated heterocycles. The number of hydrogen-bond donors (Lipinski definition) is 1. The minimum absolute atomic E-state index is 0.464. The summed E-state index contributed by atoms with van der Waals surface area (Å²) in [5.41, 5.74) is 1.40. The van der Waals surface area contributed by atoms with E-state index >= 15 is 0 Å². The van der Waals surface area contributed by atoms with E-state index in [4.69, 9.17) is 4.74 Å². The fourth-order valence-corrected chi connectivity index (χ4v) is 2.62. The minimum Gasteiger partial charge on any atom is -0.496 e. The molecular weight excluding hydrogens is 236 g/mol. The van der Waals surface area contributed by atoms with E-state index in [1.165, 1.54) is 0 Å². The summed E-state index contributed by atoms with van der Waals surface area (Å²) in [6.45, 7) is 4.42. The Balaban J connectivity index is 2.05. The fraction of sp³-hybridized carbons (Fsp3) is 0.176. The Morgan fingerprint density at radius 2 is 1.58 bits per heavy atom. The van der Waals surface area contributed by atoms with Crippen LogP contribution in [0.4, 0.5) is 0 Å². The van der Waals surface area contributed by atoms with Crippen molar-refractivity contribution < 1.29 is 9.84 Å². The topological polar surface area (TPSA) is 29.5 Å². The van der Waals surface area contributed by atoms with Gasteiger partial charge >= 0.3 is 0 Å². The Labute approximate surface area is 113 Å². The first kappa shape index (κ1) is 12.0. The standard InChI is InChI=1S/C17H16O2/c1-13-17(12-19-13,15-10-6-3-7-11-15)16(18)14-8-4-2-5-9-14/h2-11,16,18H,1,12H2/t16-,17+/m1/s1. The van der Waals surface area contributed by atoms with Gasteiger partial charge in [0.1, 0.15) is 17.8 Å². The van der Waals surface area contributed by atoms with Gasteiger partial charge < -0.3 is 9.84 Å². The van der Waals surface area contributed by atoms with Crippen molar-refractivity contribution in [3.63, 3.8) is 0 Å². The maximum absolute atomic E-state index is 10.8. The number of hydrogen-bond acceptors (Lipinski definition) is 2. The molecule has 2 heteroatoms. The highest BCUT2D eigenvalue weighted by atomic mass is 16.5. The van der Waals surface area contributed by atoms with Gasteiger partial charge in [-0.25, -0.2) is 0 Å². The van der Waals surface area contributed by atoms with Gasteiger partial charge in [-0.1, -0.05) is 67.2 Å². The Bertz CT molecular complexity index is 577. The van der Waals surface area contributed by atoms with Crippen LogP contribution in [-0.4, -0.2) is 11.7 Å². The zero-order valence-electron chi connectivity index (χ0n) is 10.6. The average Bonchev–Trinajstić information content (AvgIpc) is 2.48. The summed E-state index contributed by atoms with van der Waals surface area (Å²) in [6.07, 6.45) is -0.641. The van der Waals surface area contributed by atoms with E-state index in [1.807, 2.05) is 60.7 Å². The second-order valence-corrected chi connectivity index (χ2v) is 4.86. The molecule has 0 bridgehead atoms. The molecule has 0 aromatic heterocycles. The SMILES string of the molecule is C=C1OC[C@]1(c1ccccc1)[C@H](O)c1ccccc1. The molecule has 1 aliphatic rings. The summed E-state index contributed by atoms with van der Waals surface area (Å²) in [7, 11) is 0. The summed E-state index contributed by atoms with van der Waals surface area (Å²) in [5, 5.41) is 10.8. The van der Waals surface area contributed by atoms with E-state index in [2.05, 4.69) is 6.58 Å². The highest BCUT2D eigenvalue weighted by molar-refractivity contribution is 5.42. The van der Waals surface area contributed by atoms with Crippen molar-refractivity contribution >= 4 is 0 Å². The van der Waals surface area contributed by atoms with Gasteiger partial charge in [0.2, 0.25) is 0 Å². The maximum atomic E-state index is 10.8. The molecule has 19 heavy (non-hydrogen) atoms. The minimum atomic E-state index is -0.641. The van der Waals surface area contributed by atoms with Crippen LogP contribution < -0.4 is 0 Å². The van der Waals surface area contributed by atoms with E-state index in [9.17, 15) is 5.11 Å². The lowest BCUT2D eigenvalue weighted by atomic mass is 9.69. The van der Waals surface area contributed by atoms with Crippen LogP contribution in [0.25, 0.3) is 0 Å². The molecule has 2 nitrogen and oxygen atoms in total. The van der Waals surface area contributed by atoms with Crippen molar-refractivity contribution in [3.8, 4) is 0 Å².